The van der Waals surface area contributed by atoms with E-state index in [-0.39, 0.29) is 17.6 Å². The number of allylic oxidation sites excluding steroid dienone is 1. The summed E-state index contributed by atoms with van der Waals surface area (Å²) < 4.78 is 5.73. The van der Waals surface area contributed by atoms with Gasteiger partial charge in [-0.2, -0.15) is 0 Å². The number of hydrogen-bond acceptors (Lipinski definition) is 2. The Morgan fingerprint density at radius 1 is 1.32 bits per heavy atom. The number of aliphatic hydroxyl groups excluding tert-OH is 1. The molecule has 0 radical (unpaired) electrons. The van der Waals surface area contributed by atoms with E-state index in [1.807, 2.05) is 32.1 Å². The molecule has 104 valence electrons. The molecule has 0 saturated heterocycles. The normalized spacial score (nSPS) is 22.2. The first-order valence-corrected chi connectivity index (χ1v) is 7.02. The summed E-state index contributed by atoms with van der Waals surface area (Å²) in [7, 11) is 0. The summed E-state index contributed by atoms with van der Waals surface area (Å²) in [4.78, 5) is 0. The second kappa shape index (κ2) is 5.38. The SMILES string of the molecule is CC(C)Oc1cccc(C2=CC(O)CC(C)(C)C2)c1. The highest BCUT2D eigenvalue weighted by Crippen LogP contribution is 2.40. The van der Waals surface area contributed by atoms with Crippen LogP contribution in [0.2, 0.25) is 0 Å². The molecule has 0 saturated carbocycles. The van der Waals surface area contributed by atoms with Gasteiger partial charge in [0.2, 0.25) is 0 Å². The molecule has 0 aliphatic heterocycles. The average molecular weight is 260 g/mol. The maximum absolute atomic E-state index is 9.98. The van der Waals surface area contributed by atoms with Gasteiger partial charge in [-0.3, -0.25) is 0 Å². The number of hydrogen-bond donors (Lipinski definition) is 1. The average Bonchev–Trinajstić information content (AvgIpc) is 2.25. The topological polar surface area (TPSA) is 29.5 Å². The second-order valence-corrected chi connectivity index (χ2v) is 6.50. The minimum atomic E-state index is -0.339. The molecule has 2 nitrogen and oxygen atoms in total. The van der Waals surface area contributed by atoms with Gasteiger partial charge in [-0.05, 0) is 55.4 Å². The van der Waals surface area contributed by atoms with Gasteiger partial charge < -0.3 is 9.84 Å². The lowest BCUT2D eigenvalue weighted by molar-refractivity contribution is 0.146. The lowest BCUT2D eigenvalue weighted by atomic mass is 9.74. The molecule has 0 fully saturated rings. The number of ether oxygens (including phenoxy) is 1. The van der Waals surface area contributed by atoms with Gasteiger partial charge in [0.05, 0.1) is 12.2 Å². The highest BCUT2D eigenvalue weighted by atomic mass is 16.5. The summed E-state index contributed by atoms with van der Waals surface area (Å²) in [6.45, 7) is 8.47. The molecule has 1 unspecified atom stereocenters. The van der Waals surface area contributed by atoms with E-state index in [4.69, 9.17) is 4.74 Å². The molecule has 1 atom stereocenters. The highest BCUT2D eigenvalue weighted by Gasteiger charge is 2.28. The van der Waals surface area contributed by atoms with E-state index in [9.17, 15) is 5.11 Å². The van der Waals surface area contributed by atoms with Gasteiger partial charge in [0.1, 0.15) is 5.75 Å². The molecule has 2 heteroatoms. The summed E-state index contributed by atoms with van der Waals surface area (Å²) in [5.41, 5.74) is 2.53. The number of benzene rings is 1. The fraction of sp³-hybridized carbons (Fsp3) is 0.529. The first-order valence-electron chi connectivity index (χ1n) is 7.02. The van der Waals surface area contributed by atoms with Crippen LogP contribution in [0.5, 0.6) is 5.75 Å². The van der Waals surface area contributed by atoms with Crippen molar-refractivity contribution in [3.05, 3.63) is 35.9 Å². The van der Waals surface area contributed by atoms with E-state index in [0.29, 0.717) is 0 Å². The molecule has 1 aliphatic rings. The maximum Gasteiger partial charge on any atom is 0.120 e. The molecule has 2 rings (SSSR count). The van der Waals surface area contributed by atoms with E-state index in [1.54, 1.807) is 0 Å². The van der Waals surface area contributed by atoms with Gasteiger partial charge in [-0.15, -0.1) is 0 Å². The van der Waals surface area contributed by atoms with Gasteiger partial charge in [-0.25, -0.2) is 0 Å². The molecule has 1 aromatic carbocycles. The molecule has 0 aromatic heterocycles. The Labute approximate surface area is 116 Å². The second-order valence-electron chi connectivity index (χ2n) is 6.50. The van der Waals surface area contributed by atoms with Crippen molar-refractivity contribution in [2.75, 3.05) is 0 Å². The van der Waals surface area contributed by atoms with Crippen LogP contribution in [0.3, 0.4) is 0 Å². The van der Waals surface area contributed by atoms with E-state index in [2.05, 4.69) is 26.0 Å². The Morgan fingerprint density at radius 3 is 2.68 bits per heavy atom. The molecule has 0 amide bonds. The van der Waals surface area contributed by atoms with Crippen LogP contribution in [0.25, 0.3) is 5.57 Å². The van der Waals surface area contributed by atoms with E-state index in [1.165, 1.54) is 5.57 Å². The van der Waals surface area contributed by atoms with E-state index in [0.717, 1.165) is 24.2 Å². The van der Waals surface area contributed by atoms with E-state index >= 15 is 0 Å². The third kappa shape index (κ3) is 3.84. The lowest BCUT2D eigenvalue weighted by Gasteiger charge is -2.32. The van der Waals surface area contributed by atoms with Crippen LogP contribution in [0.4, 0.5) is 0 Å². The Hall–Kier alpha value is -1.28. The maximum atomic E-state index is 9.98. The van der Waals surface area contributed by atoms with Crippen LogP contribution < -0.4 is 4.74 Å². The smallest absolute Gasteiger partial charge is 0.120 e. The number of rotatable bonds is 3. The highest BCUT2D eigenvalue weighted by molar-refractivity contribution is 5.68. The van der Waals surface area contributed by atoms with Crippen LogP contribution in [-0.4, -0.2) is 17.3 Å². The molecule has 19 heavy (non-hydrogen) atoms. The first kappa shape index (κ1) is 14.1. The quantitative estimate of drug-likeness (QED) is 0.888. The molecule has 1 aromatic rings. The molecule has 1 N–H and O–H groups in total. The third-order valence-electron chi connectivity index (χ3n) is 3.40. The molecule has 1 aliphatic carbocycles. The van der Waals surface area contributed by atoms with Gasteiger partial charge >= 0.3 is 0 Å². The van der Waals surface area contributed by atoms with Crippen molar-refractivity contribution in [2.45, 2.75) is 52.7 Å². The van der Waals surface area contributed by atoms with Crippen LogP contribution in [0.1, 0.15) is 46.1 Å². The Kier molecular flexibility index (Phi) is 4.00. The van der Waals surface area contributed by atoms with Gasteiger partial charge in [0.15, 0.2) is 0 Å². The van der Waals surface area contributed by atoms with E-state index < -0.39 is 0 Å². The minimum Gasteiger partial charge on any atom is -0.491 e. The standard InChI is InChI=1S/C17H24O2/c1-12(2)19-16-7-5-6-13(9-16)14-8-15(18)11-17(3,4)10-14/h5-9,12,15,18H,10-11H2,1-4H3. The Balaban J connectivity index is 2.26. The molecule has 0 spiro atoms. The third-order valence-corrected chi connectivity index (χ3v) is 3.40. The van der Waals surface area contributed by atoms with Crippen molar-refractivity contribution in [1.29, 1.82) is 0 Å². The van der Waals surface area contributed by atoms with Crippen LogP contribution >= 0.6 is 0 Å². The lowest BCUT2D eigenvalue weighted by Crippen LogP contribution is -2.24. The molecular weight excluding hydrogens is 236 g/mol. The molecule has 0 heterocycles. The van der Waals surface area contributed by atoms with Crippen molar-refractivity contribution < 1.29 is 9.84 Å². The summed E-state index contributed by atoms with van der Waals surface area (Å²) in [5.74, 6) is 0.895. The predicted octanol–water partition coefficient (Wildman–Crippen LogP) is 4.04. The van der Waals surface area contributed by atoms with Crippen molar-refractivity contribution in [2.24, 2.45) is 5.41 Å². The predicted molar refractivity (Wildman–Crippen MR) is 79.2 cm³/mol. The minimum absolute atomic E-state index is 0.151. The van der Waals surface area contributed by atoms with Crippen molar-refractivity contribution in [3.8, 4) is 5.75 Å². The Bertz CT molecular complexity index is 472. The van der Waals surface area contributed by atoms with Gasteiger partial charge in [0.25, 0.3) is 0 Å². The first-order chi connectivity index (χ1) is 8.85. The van der Waals surface area contributed by atoms with Gasteiger partial charge in [-0.1, -0.05) is 32.1 Å². The fourth-order valence-electron chi connectivity index (χ4n) is 2.74. The summed E-state index contributed by atoms with van der Waals surface area (Å²) in [6, 6.07) is 8.16. The summed E-state index contributed by atoms with van der Waals surface area (Å²) >= 11 is 0. The van der Waals surface area contributed by atoms with Crippen molar-refractivity contribution in [3.63, 3.8) is 0 Å². The zero-order valence-corrected chi connectivity index (χ0v) is 12.3. The van der Waals surface area contributed by atoms with Gasteiger partial charge in [0, 0.05) is 0 Å². The van der Waals surface area contributed by atoms with Crippen LogP contribution in [0.15, 0.2) is 30.3 Å². The zero-order valence-electron chi connectivity index (χ0n) is 12.3. The Morgan fingerprint density at radius 2 is 2.05 bits per heavy atom. The monoisotopic (exact) mass is 260 g/mol. The zero-order chi connectivity index (χ0) is 14.0. The van der Waals surface area contributed by atoms with Crippen LogP contribution in [0, 0.1) is 5.41 Å². The fourth-order valence-corrected chi connectivity index (χ4v) is 2.74. The summed E-state index contributed by atoms with van der Waals surface area (Å²) in [5, 5.41) is 9.98. The van der Waals surface area contributed by atoms with Crippen LogP contribution in [-0.2, 0) is 0 Å². The van der Waals surface area contributed by atoms with Crippen molar-refractivity contribution in [1.82, 2.24) is 0 Å². The number of aliphatic hydroxyl groups is 1. The largest absolute Gasteiger partial charge is 0.491 e. The molecular formula is C17H24O2. The van der Waals surface area contributed by atoms with Crippen molar-refractivity contribution >= 4 is 5.57 Å². The molecule has 0 bridgehead atoms. The summed E-state index contributed by atoms with van der Waals surface area (Å²) in [6.07, 6.45) is 3.65.